The lowest BCUT2D eigenvalue weighted by Gasteiger charge is -2.33. The Morgan fingerprint density at radius 1 is 1.37 bits per heavy atom. The van der Waals surface area contributed by atoms with Gasteiger partial charge in [0.1, 0.15) is 0 Å². The van der Waals surface area contributed by atoms with Crippen molar-refractivity contribution in [2.24, 2.45) is 10.9 Å². The van der Waals surface area contributed by atoms with E-state index in [-0.39, 0.29) is 35.9 Å². The van der Waals surface area contributed by atoms with Gasteiger partial charge in [-0.2, -0.15) is 0 Å². The third-order valence-electron chi connectivity index (χ3n) is 3.16. The Hall–Kier alpha value is -0.530. The van der Waals surface area contributed by atoms with Crippen molar-refractivity contribution < 1.29 is 9.53 Å². The number of guanidine groups is 1. The molecule has 0 saturated carbocycles. The molecule has 0 spiro atoms. The Bertz CT molecular complexity index is 290. The summed E-state index contributed by atoms with van der Waals surface area (Å²) in [5, 5.41) is 3.32. The molecule has 19 heavy (non-hydrogen) atoms. The molecule has 6 heteroatoms. The zero-order chi connectivity index (χ0) is 13.4. The minimum Gasteiger partial charge on any atom is -0.466 e. The van der Waals surface area contributed by atoms with Crippen LogP contribution in [0, 0.1) is 5.92 Å². The average Bonchev–Trinajstić information content (AvgIpc) is 2.40. The molecule has 0 radical (unpaired) electrons. The van der Waals surface area contributed by atoms with Crippen molar-refractivity contribution in [3.8, 4) is 0 Å². The summed E-state index contributed by atoms with van der Waals surface area (Å²) in [6.07, 6.45) is 2.79. The standard InChI is InChI=1S/C13H25N3O2.HI/c1-4-8-15-13(14-3)16-9-6-11(7-10-16)12(17)18-5-2;/h11H,4-10H2,1-3H3,(H,14,15);1H. The molecule has 0 atom stereocenters. The van der Waals surface area contributed by atoms with Crippen molar-refractivity contribution in [2.75, 3.05) is 33.3 Å². The molecule has 0 aromatic rings. The first-order valence-corrected chi connectivity index (χ1v) is 6.85. The van der Waals surface area contributed by atoms with E-state index in [9.17, 15) is 4.79 Å². The summed E-state index contributed by atoms with van der Waals surface area (Å²) < 4.78 is 5.06. The number of hydrogen-bond donors (Lipinski definition) is 1. The predicted octanol–water partition coefficient (Wildman–Crippen LogP) is 1.86. The number of carbonyl (C=O) groups is 1. The second kappa shape index (κ2) is 10.3. The summed E-state index contributed by atoms with van der Waals surface area (Å²) in [7, 11) is 1.80. The van der Waals surface area contributed by atoms with Gasteiger partial charge < -0.3 is 15.0 Å². The van der Waals surface area contributed by atoms with Crippen molar-refractivity contribution >= 4 is 35.9 Å². The Morgan fingerprint density at radius 2 is 2.00 bits per heavy atom. The van der Waals surface area contributed by atoms with Crippen LogP contribution in [0.15, 0.2) is 4.99 Å². The fourth-order valence-corrected chi connectivity index (χ4v) is 2.16. The fraction of sp³-hybridized carbons (Fsp3) is 0.846. The van der Waals surface area contributed by atoms with Crippen molar-refractivity contribution in [2.45, 2.75) is 33.1 Å². The maximum Gasteiger partial charge on any atom is 0.309 e. The summed E-state index contributed by atoms with van der Waals surface area (Å²) in [6.45, 7) is 7.12. The van der Waals surface area contributed by atoms with Gasteiger partial charge in [-0.15, -0.1) is 24.0 Å². The average molecular weight is 383 g/mol. The summed E-state index contributed by atoms with van der Waals surface area (Å²) in [5.41, 5.74) is 0. The molecule has 5 nitrogen and oxygen atoms in total. The second-order valence-electron chi connectivity index (χ2n) is 4.49. The minimum absolute atomic E-state index is 0. The molecule has 0 amide bonds. The smallest absolute Gasteiger partial charge is 0.309 e. The Balaban J connectivity index is 0.00000324. The molecule has 1 saturated heterocycles. The highest BCUT2D eigenvalue weighted by molar-refractivity contribution is 14.0. The highest BCUT2D eigenvalue weighted by atomic mass is 127. The summed E-state index contributed by atoms with van der Waals surface area (Å²) in [4.78, 5) is 18.1. The Labute approximate surface area is 133 Å². The van der Waals surface area contributed by atoms with E-state index in [0.717, 1.165) is 44.9 Å². The topological polar surface area (TPSA) is 53.9 Å². The van der Waals surface area contributed by atoms with Gasteiger partial charge in [0.2, 0.25) is 0 Å². The zero-order valence-corrected chi connectivity index (χ0v) is 14.5. The molecule has 0 aromatic carbocycles. The van der Waals surface area contributed by atoms with Gasteiger partial charge in [-0.3, -0.25) is 9.79 Å². The van der Waals surface area contributed by atoms with Crippen LogP contribution in [0.3, 0.4) is 0 Å². The molecule has 0 aromatic heterocycles. The molecule has 1 aliphatic rings. The van der Waals surface area contributed by atoms with Gasteiger partial charge in [-0.1, -0.05) is 6.92 Å². The number of esters is 1. The van der Waals surface area contributed by atoms with Crippen LogP contribution in [0.25, 0.3) is 0 Å². The Kier molecular flexibility index (Phi) is 9.99. The lowest BCUT2D eigenvalue weighted by molar-refractivity contribution is -0.149. The van der Waals surface area contributed by atoms with Gasteiger partial charge in [0, 0.05) is 26.7 Å². The number of ether oxygens (including phenoxy) is 1. The van der Waals surface area contributed by atoms with E-state index in [0.29, 0.717) is 6.61 Å². The van der Waals surface area contributed by atoms with Crippen LogP contribution in [0.2, 0.25) is 0 Å². The second-order valence-corrected chi connectivity index (χ2v) is 4.49. The molecule has 1 rings (SSSR count). The number of rotatable bonds is 4. The fourth-order valence-electron chi connectivity index (χ4n) is 2.16. The Morgan fingerprint density at radius 3 is 2.47 bits per heavy atom. The molecule has 0 unspecified atom stereocenters. The van der Waals surface area contributed by atoms with Crippen LogP contribution in [-0.4, -0.2) is 50.1 Å². The van der Waals surface area contributed by atoms with Crippen molar-refractivity contribution in [1.82, 2.24) is 10.2 Å². The van der Waals surface area contributed by atoms with Gasteiger partial charge in [-0.25, -0.2) is 0 Å². The molecule has 112 valence electrons. The van der Waals surface area contributed by atoms with Crippen molar-refractivity contribution in [1.29, 1.82) is 0 Å². The zero-order valence-electron chi connectivity index (χ0n) is 12.1. The van der Waals surface area contributed by atoms with Crippen LogP contribution in [0.5, 0.6) is 0 Å². The highest BCUT2D eigenvalue weighted by Gasteiger charge is 2.27. The largest absolute Gasteiger partial charge is 0.466 e. The van der Waals surface area contributed by atoms with E-state index < -0.39 is 0 Å². The van der Waals surface area contributed by atoms with Crippen LogP contribution in [-0.2, 0) is 9.53 Å². The molecule has 1 heterocycles. The van der Waals surface area contributed by atoms with Gasteiger partial charge >= 0.3 is 5.97 Å². The number of hydrogen-bond acceptors (Lipinski definition) is 3. The first-order chi connectivity index (χ1) is 8.72. The SMILES string of the molecule is CCCNC(=NC)N1CCC(C(=O)OCC)CC1.I. The molecule has 0 bridgehead atoms. The number of aliphatic imine (C=N–C) groups is 1. The van der Waals surface area contributed by atoms with E-state index in [1.807, 2.05) is 6.92 Å². The highest BCUT2D eigenvalue weighted by Crippen LogP contribution is 2.18. The van der Waals surface area contributed by atoms with Gasteiger partial charge in [0.05, 0.1) is 12.5 Å². The third-order valence-corrected chi connectivity index (χ3v) is 3.16. The van der Waals surface area contributed by atoms with Crippen molar-refractivity contribution in [3.63, 3.8) is 0 Å². The van der Waals surface area contributed by atoms with Crippen LogP contribution in [0.4, 0.5) is 0 Å². The predicted molar refractivity (Wildman–Crippen MR) is 88.0 cm³/mol. The van der Waals surface area contributed by atoms with E-state index >= 15 is 0 Å². The van der Waals surface area contributed by atoms with Crippen LogP contribution in [0.1, 0.15) is 33.1 Å². The van der Waals surface area contributed by atoms with E-state index in [1.54, 1.807) is 7.05 Å². The number of likely N-dealkylation sites (tertiary alicyclic amines) is 1. The van der Waals surface area contributed by atoms with E-state index in [1.165, 1.54) is 0 Å². The first-order valence-electron chi connectivity index (χ1n) is 6.85. The van der Waals surface area contributed by atoms with Crippen LogP contribution < -0.4 is 5.32 Å². The molecular formula is C13H26IN3O2. The number of nitrogens with one attached hydrogen (secondary N) is 1. The number of nitrogens with zero attached hydrogens (tertiary/aromatic N) is 2. The van der Waals surface area contributed by atoms with Crippen LogP contribution >= 0.6 is 24.0 Å². The third kappa shape index (κ3) is 5.97. The quantitative estimate of drug-likeness (QED) is 0.349. The first kappa shape index (κ1) is 18.5. The number of halogens is 1. The molecule has 1 N–H and O–H groups in total. The monoisotopic (exact) mass is 383 g/mol. The van der Waals surface area contributed by atoms with Gasteiger partial charge in [0.15, 0.2) is 5.96 Å². The van der Waals surface area contributed by atoms with E-state index in [4.69, 9.17) is 4.74 Å². The summed E-state index contributed by atoms with van der Waals surface area (Å²) in [6, 6.07) is 0. The molecule has 1 fully saturated rings. The normalized spacial score (nSPS) is 16.8. The lowest BCUT2D eigenvalue weighted by atomic mass is 9.97. The lowest BCUT2D eigenvalue weighted by Crippen LogP contribution is -2.46. The van der Waals surface area contributed by atoms with Crippen molar-refractivity contribution in [3.05, 3.63) is 0 Å². The summed E-state index contributed by atoms with van der Waals surface area (Å²) >= 11 is 0. The minimum atomic E-state index is -0.0475. The van der Waals surface area contributed by atoms with E-state index in [2.05, 4.69) is 22.1 Å². The van der Waals surface area contributed by atoms with Gasteiger partial charge in [-0.05, 0) is 26.2 Å². The maximum atomic E-state index is 11.6. The number of carbonyl (C=O) groups excluding carboxylic acids is 1. The summed E-state index contributed by atoms with van der Waals surface area (Å²) in [5.74, 6) is 0.957. The number of piperidine rings is 1. The molecular weight excluding hydrogens is 357 g/mol. The molecule has 0 aliphatic carbocycles. The van der Waals surface area contributed by atoms with Gasteiger partial charge in [0.25, 0.3) is 0 Å². The molecule has 1 aliphatic heterocycles. The maximum absolute atomic E-state index is 11.6.